The van der Waals surface area contributed by atoms with Crippen LogP contribution in [0.3, 0.4) is 0 Å². The lowest BCUT2D eigenvalue weighted by atomic mass is 9.60. The quantitative estimate of drug-likeness (QED) is 0.165. The fraction of sp³-hybridized carbons (Fsp3) is 0. The average Bonchev–Trinajstić information content (AvgIpc) is 4.11. The van der Waals surface area contributed by atoms with Gasteiger partial charge in [-0.25, -0.2) is 15.0 Å². The first kappa shape index (κ1) is 53.6. The van der Waals surface area contributed by atoms with Gasteiger partial charge in [0.25, 0.3) is 0 Å². The van der Waals surface area contributed by atoms with Crippen LogP contribution in [0.5, 0.6) is 0 Å². The molecule has 4 heterocycles. The molecule has 4 aromatic heterocycles. The molecule has 0 fully saturated rings. The smallest absolute Gasteiger partial charge is 0.167 e. The summed E-state index contributed by atoms with van der Waals surface area (Å²) in [4.78, 5) is 14.4. The molecule has 0 aliphatic heterocycles. The summed E-state index contributed by atoms with van der Waals surface area (Å²) in [6.07, 6.45) is 0. The first-order valence-corrected chi connectivity index (χ1v) is 22.3. The molecule has 0 saturated heterocycles. The van der Waals surface area contributed by atoms with Gasteiger partial charge in [0.05, 0.1) is 16.6 Å². The van der Waals surface area contributed by atoms with Gasteiger partial charge >= 0.3 is 0 Å². The largest absolute Gasteiger partial charge is 0.457 e. The molecule has 0 amide bonds. The monoisotopic (exact) mass is 914 g/mol. The molecule has 0 saturated carbocycles. The van der Waals surface area contributed by atoms with Gasteiger partial charge in [-0.05, 0) is 16.2 Å². The van der Waals surface area contributed by atoms with Crippen molar-refractivity contribution in [2.45, 2.75) is 0 Å². The summed E-state index contributed by atoms with van der Waals surface area (Å²) in [5.41, 5.74) is -4.17. The van der Waals surface area contributed by atoms with E-state index < -0.39 is 0 Å². The summed E-state index contributed by atoms with van der Waals surface area (Å²) in [6, 6.07) is 0. The number of benzene rings is 7. The fourth-order valence-corrected chi connectivity index (χ4v) is 10.2. The van der Waals surface area contributed by atoms with Crippen LogP contribution in [0.25, 0.3) is 106 Å². The Hall–Kier alpha value is -5.36. The van der Waals surface area contributed by atoms with E-state index in [1.54, 1.807) is 0 Å². The van der Waals surface area contributed by atoms with Gasteiger partial charge < -0.3 is 13.4 Å². The van der Waals surface area contributed by atoms with Gasteiger partial charge in [-0.3, -0.25) is 0 Å². The Morgan fingerprint density at radius 2 is 0.468 bits per heavy atom. The zero-order valence-corrected chi connectivity index (χ0v) is 40.1. The van der Waals surface area contributed by atoms with E-state index in [4.69, 9.17) is 228 Å². The summed E-state index contributed by atoms with van der Waals surface area (Å²) in [6.45, 7) is 0. The molecule has 0 unspecified atom stereocenters. The molecule has 0 spiro atoms. The molecule has 52 radical (unpaired) electrons. The standard InChI is InChI=1S/C45B26N4O2/c46-10-1-2-11(47)22(58)28(64)32(68)37(2)75(36(1)31(67)27(63)21(10)57)38-6-5-12(48)15(51)8(19(55)40(5)77-42(6)35(71)30(66)33(38)69)44-72-43(7-16(52)24(60)26(62)25(61)17(7)53)73-45(74-44)9-18(54)20(56)13(49)3-4-14(50)23(59)29(65)34(70)41(4)76-39(3)9. The average molecular weight is 910 g/mol. The van der Waals surface area contributed by atoms with Crippen molar-refractivity contribution in [3.05, 3.63) is 0 Å². The summed E-state index contributed by atoms with van der Waals surface area (Å²) < 4.78 is 14.5. The number of aromatic nitrogens is 4. The molecule has 7 aromatic carbocycles. The second-order valence-electron chi connectivity index (χ2n) is 18.3. The normalized spacial score (nSPS) is 11.9. The highest BCUT2D eigenvalue weighted by Crippen LogP contribution is 2.36. The van der Waals surface area contributed by atoms with E-state index in [0.717, 1.165) is 0 Å². The van der Waals surface area contributed by atoms with Crippen molar-refractivity contribution in [1.82, 2.24) is 19.5 Å². The van der Waals surface area contributed by atoms with Crippen LogP contribution < -0.4 is 142 Å². The molecule has 6 nitrogen and oxygen atoms in total. The lowest BCUT2D eigenvalue weighted by molar-refractivity contribution is 0.673. The van der Waals surface area contributed by atoms with Crippen molar-refractivity contribution in [3.63, 3.8) is 0 Å². The molecule has 0 bridgehead atoms. The van der Waals surface area contributed by atoms with Crippen LogP contribution in [0.15, 0.2) is 8.83 Å². The van der Waals surface area contributed by atoms with Crippen LogP contribution in [-0.2, 0) is 0 Å². The highest BCUT2D eigenvalue weighted by molar-refractivity contribution is 6.74. The minimum atomic E-state index is -0.337. The van der Waals surface area contributed by atoms with E-state index >= 15 is 0 Å². The van der Waals surface area contributed by atoms with Crippen LogP contribution in [0.2, 0.25) is 0 Å². The van der Waals surface area contributed by atoms with E-state index in [0.29, 0.717) is 0 Å². The summed E-state index contributed by atoms with van der Waals surface area (Å²) in [7, 11) is 173. The molecule has 0 N–H and O–H groups in total. The van der Waals surface area contributed by atoms with Gasteiger partial charge in [-0.1, -0.05) is 76.5 Å². The van der Waals surface area contributed by atoms with Crippen LogP contribution in [-0.4, -0.2) is 224 Å². The van der Waals surface area contributed by atoms with E-state index in [9.17, 15) is 0 Å². The Labute approximate surface area is 476 Å². The van der Waals surface area contributed by atoms with Gasteiger partial charge in [0.2, 0.25) is 0 Å². The molecule has 32 heteroatoms. The maximum atomic E-state index is 7.19. The second-order valence-corrected chi connectivity index (χ2v) is 18.3. The Kier molecular flexibility index (Phi) is 12.6. The number of fused-ring (bicyclic) bond motifs is 9. The van der Waals surface area contributed by atoms with Gasteiger partial charge in [-0.2, -0.15) is 0 Å². The van der Waals surface area contributed by atoms with Crippen molar-refractivity contribution in [3.8, 4) is 39.9 Å². The molecule has 0 aliphatic carbocycles. The second kappa shape index (κ2) is 18.1. The third-order valence-electron chi connectivity index (χ3n) is 14.4. The summed E-state index contributed by atoms with van der Waals surface area (Å²) in [5.74, 6) is -0.951. The van der Waals surface area contributed by atoms with E-state index in [2.05, 4.69) is 0 Å². The van der Waals surface area contributed by atoms with Crippen LogP contribution in [0, 0.1) is 0 Å². The minimum Gasteiger partial charge on any atom is -0.457 e. The number of hydrogen-bond acceptors (Lipinski definition) is 5. The predicted molar refractivity (Wildman–Crippen MR) is 345 cm³/mol. The molecule has 11 aromatic rings. The van der Waals surface area contributed by atoms with Crippen LogP contribution in [0.4, 0.5) is 0 Å². The lowest BCUT2D eigenvalue weighted by Crippen LogP contribution is -2.55. The highest BCUT2D eigenvalue weighted by Gasteiger charge is 2.31. The van der Waals surface area contributed by atoms with E-state index in [1.807, 2.05) is 0 Å². The fourth-order valence-electron chi connectivity index (χ4n) is 10.2. The number of rotatable bonds is 4. The van der Waals surface area contributed by atoms with E-state index in [-0.39, 0.29) is 248 Å². The number of hydrogen-bond donors (Lipinski definition) is 0. The maximum absolute atomic E-state index is 7.19. The zero-order chi connectivity index (χ0) is 56.1. The molecule has 0 aliphatic rings. The summed E-state index contributed by atoms with van der Waals surface area (Å²) in [5, 5.41) is 0.653. The third kappa shape index (κ3) is 6.96. The van der Waals surface area contributed by atoms with E-state index in [1.165, 1.54) is 4.57 Å². The predicted octanol–water partition coefficient (Wildman–Crippen LogP) is -19.6. The Balaban J connectivity index is 1.30. The first-order chi connectivity index (χ1) is 36.1. The van der Waals surface area contributed by atoms with Crippen molar-refractivity contribution in [1.29, 1.82) is 0 Å². The summed E-state index contributed by atoms with van der Waals surface area (Å²) >= 11 is 0. The van der Waals surface area contributed by atoms with Crippen LogP contribution >= 0.6 is 0 Å². The van der Waals surface area contributed by atoms with Gasteiger partial charge in [0.15, 0.2) is 17.5 Å². The molecular weight excluding hydrogens is 910 g/mol. The third-order valence-corrected chi connectivity index (χ3v) is 14.4. The zero-order valence-electron chi connectivity index (χ0n) is 40.1. The molecule has 77 heavy (non-hydrogen) atoms. The Morgan fingerprint density at radius 3 is 0.948 bits per heavy atom. The van der Waals surface area contributed by atoms with Crippen molar-refractivity contribution in [2.75, 3.05) is 0 Å². The highest BCUT2D eigenvalue weighted by atomic mass is 16.3. The molecular formula is C45B26N4O2. The first-order valence-electron chi connectivity index (χ1n) is 22.3. The van der Waals surface area contributed by atoms with Gasteiger partial charge in [-0.15, -0.1) is 60.1 Å². The molecule has 290 valence electrons. The number of furan rings is 2. The van der Waals surface area contributed by atoms with Gasteiger partial charge in [0.1, 0.15) is 226 Å². The van der Waals surface area contributed by atoms with Crippen LogP contribution in [0.1, 0.15) is 0 Å². The van der Waals surface area contributed by atoms with Gasteiger partial charge in [0, 0.05) is 38.3 Å². The Bertz CT molecular complexity index is 4560. The number of nitrogens with zero attached hydrogens (tertiary/aromatic N) is 4. The lowest BCUT2D eigenvalue weighted by Gasteiger charge is -2.23. The topological polar surface area (TPSA) is 69.9 Å². The SMILES string of the molecule is [B]c1c([B])c([B])c(-c2nc(-c3c([B])c([B])c4c(oc5c([B])c([B])c([B])c(-n6c7c([B])c([B])c([B])c([B])c7c7c([B])c([B])c([B])c([B])c76)c54)c3[B])nc(-c3c([B])c([B])c([B])c4c3oc3c([B])c([B])c([B])c([B])c34)n2)c([B])c1[B]. The molecule has 0 atom stereocenters. The van der Waals surface area contributed by atoms with Crippen molar-refractivity contribution < 1.29 is 8.83 Å². The Morgan fingerprint density at radius 1 is 0.208 bits per heavy atom. The van der Waals surface area contributed by atoms with Crippen molar-refractivity contribution >= 4 is 412 Å². The van der Waals surface area contributed by atoms with Crippen molar-refractivity contribution in [2.24, 2.45) is 0 Å². The molecule has 11 rings (SSSR count). The maximum Gasteiger partial charge on any atom is 0.167 e. The minimum absolute atomic E-state index is 0.0143.